The molecule has 1 aliphatic heterocycles. The molecule has 47 heavy (non-hydrogen) atoms. The van der Waals surface area contributed by atoms with E-state index >= 15 is 0 Å². The number of rotatable bonds is 34. The number of allylic oxidation sites excluding steroid dienone is 8. The van der Waals surface area contributed by atoms with Gasteiger partial charge in [0.1, 0.15) is 0 Å². The first-order valence-corrected chi connectivity index (χ1v) is 20.8. The highest BCUT2D eigenvalue weighted by Crippen LogP contribution is 2.22. The molecule has 1 fully saturated rings. The molecule has 3 heteroatoms. The van der Waals surface area contributed by atoms with Gasteiger partial charge in [0.25, 0.3) is 0 Å². The molecule has 0 saturated carbocycles. The van der Waals surface area contributed by atoms with Crippen molar-refractivity contribution in [2.45, 2.75) is 187 Å². The third kappa shape index (κ3) is 30.6. The Morgan fingerprint density at radius 1 is 0.553 bits per heavy atom. The third-order valence-electron chi connectivity index (χ3n) is 9.64. The summed E-state index contributed by atoms with van der Waals surface area (Å²) >= 11 is 0. The summed E-state index contributed by atoms with van der Waals surface area (Å²) < 4.78 is 12.7. The molecule has 0 aromatic rings. The molecule has 0 spiro atoms. The number of ether oxygens (including phenoxy) is 2. The van der Waals surface area contributed by atoms with Crippen LogP contribution < -0.4 is 0 Å². The summed E-state index contributed by atoms with van der Waals surface area (Å²) in [4.78, 5) is 2.48. The number of likely N-dealkylation sites (tertiary alicyclic amines) is 1. The Kier molecular flexibility index (Phi) is 33.7. The van der Waals surface area contributed by atoms with E-state index in [1.807, 2.05) is 0 Å². The predicted molar refractivity (Wildman–Crippen MR) is 209 cm³/mol. The summed E-state index contributed by atoms with van der Waals surface area (Å²) in [7, 11) is 2.26. The molecule has 0 bridgehead atoms. The van der Waals surface area contributed by atoms with Crippen LogP contribution in [-0.2, 0) is 9.47 Å². The molecule has 2 atom stereocenters. The maximum Gasteiger partial charge on any atom is 0.0848 e. The van der Waals surface area contributed by atoms with Crippen LogP contribution in [0.4, 0.5) is 0 Å². The lowest BCUT2D eigenvalue weighted by Crippen LogP contribution is -2.41. The van der Waals surface area contributed by atoms with Crippen molar-refractivity contribution >= 4 is 0 Å². The maximum atomic E-state index is 6.51. The van der Waals surface area contributed by atoms with Crippen molar-refractivity contribution < 1.29 is 9.47 Å². The third-order valence-corrected chi connectivity index (χ3v) is 9.64. The lowest BCUT2D eigenvalue weighted by Gasteiger charge is -2.35. The van der Waals surface area contributed by atoms with Crippen LogP contribution in [-0.4, -0.2) is 51.0 Å². The first-order valence-electron chi connectivity index (χ1n) is 20.8. The van der Waals surface area contributed by atoms with Crippen LogP contribution in [0.3, 0.4) is 0 Å². The minimum Gasteiger partial charge on any atom is -0.379 e. The smallest absolute Gasteiger partial charge is 0.0848 e. The van der Waals surface area contributed by atoms with Crippen molar-refractivity contribution in [1.29, 1.82) is 0 Å². The molecule has 274 valence electrons. The van der Waals surface area contributed by atoms with E-state index in [1.54, 1.807) is 0 Å². The standard InChI is InChI=1S/C44H81NO2/c1-4-6-8-10-12-14-16-18-20-22-24-26-28-30-32-34-39-46-42-44(43-37-36-38-45(3)41-43)47-40-35-33-31-29-27-25-23-21-19-17-15-13-11-9-7-5-2/h12-15,18-21,43-44H,4-11,16-17,22-42H2,1-3H3/b14-12-,15-13-,20-18-,21-19-. The van der Waals surface area contributed by atoms with Crippen molar-refractivity contribution in [3.63, 3.8) is 0 Å². The zero-order valence-corrected chi connectivity index (χ0v) is 32.0. The van der Waals surface area contributed by atoms with Crippen LogP contribution in [0.2, 0.25) is 0 Å². The Balaban J connectivity index is 2.03. The van der Waals surface area contributed by atoms with Gasteiger partial charge in [0.05, 0.1) is 12.7 Å². The van der Waals surface area contributed by atoms with E-state index in [4.69, 9.17) is 9.47 Å². The Bertz CT molecular complexity index is 741. The molecule has 2 unspecified atom stereocenters. The molecule has 1 aliphatic rings. The van der Waals surface area contributed by atoms with Gasteiger partial charge in [0, 0.05) is 25.7 Å². The van der Waals surface area contributed by atoms with E-state index < -0.39 is 0 Å². The highest BCUT2D eigenvalue weighted by atomic mass is 16.5. The van der Waals surface area contributed by atoms with Gasteiger partial charge in [-0.05, 0) is 103 Å². The van der Waals surface area contributed by atoms with E-state index in [-0.39, 0.29) is 6.10 Å². The first-order chi connectivity index (χ1) is 23.3. The fourth-order valence-corrected chi connectivity index (χ4v) is 6.55. The summed E-state index contributed by atoms with van der Waals surface area (Å²) in [5.74, 6) is 0.620. The zero-order chi connectivity index (χ0) is 33.7. The number of hydrogen-bond acceptors (Lipinski definition) is 3. The molecule has 1 rings (SSSR count). The quantitative estimate of drug-likeness (QED) is 0.0508. The van der Waals surface area contributed by atoms with Crippen LogP contribution in [0.25, 0.3) is 0 Å². The second kappa shape index (κ2) is 36.1. The van der Waals surface area contributed by atoms with Crippen molar-refractivity contribution in [3.05, 3.63) is 48.6 Å². The summed E-state index contributed by atoms with van der Waals surface area (Å²) in [5.41, 5.74) is 0. The van der Waals surface area contributed by atoms with Gasteiger partial charge in [-0.3, -0.25) is 0 Å². The maximum absolute atomic E-state index is 6.51. The lowest BCUT2D eigenvalue weighted by molar-refractivity contribution is -0.0615. The van der Waals surface area contributed by atoms with Crippen LogP contribution >= 0.6 is 0 Å². The first kappa shape index (κ1) is 43.9. The van der Waals surface area contributed by atoms with Crippen molar-refractivity contribution in [2.24, 2.45) is 5.92 Å². The molecule has 0 aromatic carbocycles. The topological polar surface area (TPSA) is 21.7 Å². The van der Waals surface area contributed by atoms with E-state index in [1.165, 1.54) is 161 Å². The number of hydrogen-bond donors (Lipinski definition) is 0. The number of unbranched alkanes of at least 4 members (excludes halogenated alkanes) is 18. The molecule has 0 amide bonds. The van der Waals surface area contributed by atoms with Gasteiger partial charge in [0.2, 0.25) is 0 Å². The van der Waals surface area contributed by atoms with Crippen molar-refractivity contribution in [1.82, 2.24) is 4.90 Å². The van der Waals surface area contributed by atoms with Gasteiger partial charge in [-0.25, -0.2) is 0 Å². The van der Waals surface area contributed by atoms with Crippen LogP contribution in [0, 0.1) is 5.92 Å². The number of piperidine rings is 1. The van der Waals surface area contributed by atoms with Crippen LogP contribution in [0.1, 0.15) is 181 Å². The van der Waals surface area contributed by atoms with Crippen molar-refractivity contribution in [2.75, 3.05) is 40.0 Å². The molecule has 1 heterocycles. The molecule has 3 nitrogen and oxygen atoms in total. The van der Waals surface area contributed by atoms with Gasteiger partial charge in [0.15, 0.2) is 0 Å². The zero-order valence-electron chi connectivity index (χ0n) is 32.0. The largest absolute Gasteiger partial charge is 0.379 e. The highest BCUT2D eigenvalue weighted by Gasteiger charge is 2.26. The minimum atomic E-state index is 0.264. The molecule has 0 aliphatic carbocycles. The monoisotopic (exact) mass is 656 g/mol. The Morgan fingerprint density at radius 3 is 1.49 bits per heavy atom. The Labute approximate surface area is 295 Å². The average molecular weight is 656 g/mol. The second-order valence-corrected chi connectivity index (χ2v) is 14.3. The average Bonchev–Trinajstić information content (AvgIpc) is 3.08. The molecule has 0 N–H and O–H groups in total. The summed E-state index contributed by atoms with van der Waals surface area (Å²) in [6, 6.07) is 0. The summed E-state index contributed by atoms with van der Waals surface area (Å²) in [6.45, 7) is 9.48. The van der Waals surface area contributed by atoms with Gasteiger partial charge < -0.3 is 14.4 Å². The van der Waals surface area contributed by atoms with E-state index in [9.17, 15) is 0 Å². The molecular weight excluding hydrogens is 574 g/mol. The van der Waals surface area contributed by atoms with E-state index in [0.29, 0.717) is 5.92 Å². The second-order valence-electron chi connectivity index (χ2n) is 14.3. The normalized spacial score (nSPS) is 17.0. The van der Waals surface area contributed by atoms with Crippen molar-refractivity contribution in [3.8, 4) is 0 Å². The van der Waals surface area contributed by atoms with E-state index in [2.05, 4.69) is 74.4 Å². The fourth-order valence-electron chi connectivity index (χ4n) is 6.55. The fraction of sp³-hybridized carbons (Fsp3) is 0.818. The van der Waals surface area contributed by atoms with Crippen LogP contribution in [0.5, 0.6) is 0 Å². The Hall–Kier alpha value is -1.16. The predicted octanol–water partition coefficient (Wildman–Crippen LogP) is 13.4. The SMILES string of the molecule is CCCCC/C=C\C/C=C\CCCCCCCCOCC(OCCCCCCCC/C=C\C/C=C\CCCCC)C1CCCN(C)C1. The Morgan fingerprint density at radius 2 is 1.00 bits per heavy atom. The summed E-state index contributed by atoms with van der Waals surface area (Å²) in [6.07, 6.45) is 52.6. The molecule has 0 aromatic heterocycles. The molecule has 1 saturated heterocycles. The number of nitrogens with zero attached hydrogens (tertiary/aromatic N) is 1. The van der Waals surface area contributed by atoms with Gasteiger partial charge in [-0.2, -0.15) is 0 Å². The van der Waals surface area contributed by atoms with Gasteiger partial charge in [-0.1, -0.05) is 140 Å². The van der Waals surface area contributed by atoms with Gasteiger partial charge >= 0.3 is 0 Å². The molecular formula is C44H81NO2. The lowest BCUT2D eigenvalue weighted by atomic mass is 9.93. The minimum absolute atomic E-state index is 0.264. The summed E-state index contributed by atoms with van der Waals surface area (Å²) in [5, 5.41) is 0. The molecule has 0 radical (unpaired) electrons. The van der Waals surface area contributed by atoms with Crippen LogP contribution in [0.15, 0.2) is 48.6 Å². The highest BCUT2D eigenvalue weighted by molar-refractivity contribution is 4.93. The van der Waals surface area contributed by atoms with Gasteiger partial charge in [-0.15, -0.1) is 0 Å². The van der Waals surface area contributed by atoms with E-state index in [0.717, 1.165) is 39.2 Å².